The van der Waals surface area contributed by atoms with Gasteiger partial charge in [-0.05, 0) is 51.1 Å². The van der Waals surface area contributed by atoms with E-state index in [2.05, 4.69) is 4.98 Å². The fourth-order valence-electron chi connectivity index (χ4n) is 2.03. The van der Waals surface area contributed by atoms with Gasteiger partial charge in [-0.2, -0.15) is 4.98 Å². The van der Waals surface area contributed by atoms with Crippen molar-refractivity contribution in [3.63, 3.8) is 0 Å². The van der Waals surface area contributed by atoms with Crippen LogP contribution in [0.5, 0.6) is 5.88 Å². The van der Waals surface area contributed by atoms with Crippen molar-refractivity contribution in [1.82, 2.24) is 4.98 Å². The fraction of sp³-hybridized carbons (Fsp3) is 0.312. The molecule has 0 saturated heterocycles. The van der Waals surface area contributed by atoms with Gasteiger partial charge in [0.05, 0.1) is 11.8 Å². The minimum atomic E-state index is -0.278. The Balaban J connectivity index is 2.38. The van der Waals surface area contributed by atoms with Crippen molar-refractivity contribution in [1.29, 1.82) is 0 Å². The largest absolute Gasteiger partial charge is 0.473 e. The first-order valence-corrected chi connectivity index (χ1v) is 6.97. The molecule has 2 rings (SSSR count). The summed E-state index contributed by atoms with van der Waals surface area (Å²) >= 11 is 0. The highest BCUT2D eigenvalue weighted by Gasteiger charge is 2.13. The number of pyridine rings is 1. The molecule has 0 radical (unpaired) electrons. The SMILES string of the molecule is CCN(c1cccc(F)c1)c1ccc(N)c(OC(C)C)n1. The zero-order valence-electron chi connectivity index (χ0n) is 12.5. The molecule has 0 bridgehead atoms. The molecule has 0 aliphatic rings. The number of nitrogen functional groups attached to an aromatic ring is 1. The topological polar surface area (TPSA) is 51.4 Å². The van der Waals surface area contributed by atoms with Crippen LogP contribution in [0.2, 0.25) is 0 Å². The Morgan fingerprint density at radius 1 is 1.29 bits per heavy atom. The fourth-order valence-corrected chi connectivity index (χ4v) is 2.03. The van der Waals surface area contributed by atoms with E-state index >= 15 is 0 Å². The normalized spacial score (nSPS) is 10.7. The van der Waals surface area contributed by atoms with Gasteiger partial charge in [0.15, 0.2) is 0 Å². The maximum atomic E-state index is 13.4. The summed E-state index contributed by atoms with van der Waals surface area (Å²) in [6.45, 7) is 6.46. The van der Waals surface area contributed by atoms with Crippen LogP contribution in [0.1, 0.15) is 20.8 Å². The van der Waals surface area contributed by atoms with Crippen molar-refractivity contribution < 1.29 is 9.13 Å². The summed E-state index contributed by atoms with van der Waals surface area (Å²) in [6.07, 6.45) is -0.0145. The number of anilines is 3. The van der Waals surface area contributed by atoms with Crippen LogP contribution in [-0.4, -0.2) is 17.6 Å². The highest BCUT2D eigenvalue weighted by atomic mass is 19.1. The van der Waals surface area contributed by atoms with E-state index in [1.54, 1.807) is 18.2 Å². The number of rotatable bonds is 5. The lowest BCUT2D eigenvalue weighted by Gasteiger charge is -2.23. The molecule has 1 aromatic carbocycles. The number of hydrogen-bond donors (Lipinski definition) is 1. The number of ether oxygens (including phenoxy) is 1. The van der Waals surface area contributed by atoms with Crippen LogP contribution >= 0.6 is 0 Å². The standard InChI is InChI=1S/C16H20FN3O/c1-4-20(13-7-5-6-12(17)10-13)15-9-8-14(18)16(19-15)21-11(2)3/h5-11H,4,18H2,1-3H3. The average Bonchev–Trinajstić information content (AvgIpc) is 2.43. The van der Waals surface area contributed by atoms with Crippen molar-refractivity contribution in [2.75, 3.05) is 17.2 Å². The predicted octanol–water partition coefficient (Wildman–Crippen LogP) is 3.75. The molecule has 21 heavy (non-hydrogen) atoms. The lowest BCUT2D eigenvalue weighted by atomic mass is 10.2. The van der Waals surface area contributed by atoms with E-state index in [0.717, 1.165) is 5.69 Å². The molecule has 5 heteroatoms. The molecule has 0 spiro atoms. The minimum absolute atomic E-state index is 0.0145. The average molecular weight is 289 g/mol. The number of nitrogens with two attached hydrogens (primary N) is 1. The second-order valence-electron chi connectivity index (χ2n) is 4.95. The highest BCUT2D eigenvalue weighted by Crippen LogP contribution is 2.29. The Hall–Kier alpha value is -2.30. The van der Waals surface area contributed by atoms with Crippen LogP contribution in [0, 0.1) is 5.82 Å². The van der Waals surface area contributed by atoms with Gasteiger partial charge in [-0.1, -0.05) is 6.07 Å². The van der Waals surface area contributed by atoms with E-state index in [1.165, 1.54) is 12.1 Å². The summed E-state index contributed by atoms with van der Waals surface area (Å²) in [5.41, 5.74) is 7.11. The smallest absolute Gasteiger partial charge is 0.239 e. The van der Waals surface area contributed by atoms with Crippen molar-refractivity contribution in [2.24, 2.45) is 0 Å². The number of nitrogens with zero attached hydrogens (tertiary/aromatic N) is 2. The van der Waals surface area contributed by atoms with E-state index in [-0.39, 0.29) is 11.9 Å². The first-order valence-electron chi connectivity index (χ1n) is 6.97. The first kappa shape index (κ1) is 15.1. The van der Waals surface area contributed by atoms with Crippen LogP contribution in [-0.2, 0) is 0 Å². The Labute approximate surface area is 124 Å². The maximum absolute atomic E-state index is 13.4. The van der Waals surface area contributed by atoms with Gasteiger partial charge >= 0.3 is 0 Å². The third-order valence-electron chi connectivity index (χ3n) is 2.93. The maximum Gasteiger partial charge on any atom is 0.239 e. The first-order chi connectivity index (χ1) is 10.0. The minimum Gasteiger partial charge on any atom is -0.473 e. The van der Waals surface area contributed by atoms with E-state index in [4.69, 9.17) is 10.5 Å². The second kappa shape index (κ2) is 6.43. The van der Waals surface area contributed by atoms with Crippen LogP contribution in [0.25, 0.3) is 0 Å². The molecule has 112 valence electrons. The Bertz CT molecular complexity index is 616. The molecular weight excluding hydrogens is 269 g/mol. The molecule has 4 nitrogen and oxygen atoms in total. The van der Waals surface area contributed by atoms with Gasteiger partial charge in [0.1, 0.15) is 11.6 Å². The summed E-state index contributed by atoms with van der Waals surface area (Å²) in [6, 6.07) is 9.97. The molecule has 2 N–H and O–H groups in total. The quantitative estimate of drug-likeness (QED) is 0.910. The van der Waals surface area contributed by atoms with Crippen molar-refractivity contribution >= 4 is 17.2 Å². The zero-order chi connectivity index (χ0) is 15.4. The van der Waals surface area contributed by atoms with Crippen LogP contribution < -0.4 is 15.4 Å². The van der Waals surface area contributed by atoms with Crippen molar-refractivity contribution in [3.05, 3.63) is 42.2 Å². The third-order valence-corrected chi connectivity index (χ3v) is 2.93. The second-order valence-corrected chi connectivity index (χ2v) is 4.95. The van der Waals surface area contributed by atoms with Gasteiger partial charge in [0, 0.05) is 12.2 Å². The van der Waals surface area contributed by atoms with Crippen LogP contribution in [0.3, 0.4) is 0 Å². The number of halogens is 1. The Kier molecular flexibility index (Phi) is 4.62. The van der Waals surface area contributed by atoms with Crippen LogP contribution in [0.4, 0.5) is 21.6 Å². The predicted molar refractivity (Wildman–Crippen MR) is 83.5 cm³/mol. The molecule has 1 heterocycles. The summed E-state index contributed by atoms with van der Waals surface area (Å²) in [4.78, 5) is 6.34. The summed E-state index contributed by atoms with van der Waals surface area (Å²) in [7, 11) is 0. The highest BCUT2D eigenvalue weighted by molar-refractivity contribution is 5.63. The molecule has 0 atom stereocenters. The summed E-state index contributed by atoms with van der Waals surface area (Å²) < 4.78 is 19.0. The van der Waals surface area contributed by atoms with Gasteiger partial charge in [0.2, 0.25) is 5.88 Å². The third kappa shape index (κ3) is 3.62. The molecule has 0 saturated carbocycles. The molecule has 0 unspecified atom stereocenters. The number of benzene rings is 1. The van der Waals surface area contributed by atoms with Crippen LogP contribution in [0.15, 0.2) is 36.4 Å². The van der Waals surface area contributed by atoms with Gasteiger partial charge < -0.3 is 15.4 Å². The number of hydrogen-bond acceptors (Lipinski definition) is 4. The van der Waals surface area contributed by atoms with Crippen molar-refractivity contribution in [3.8, 4) is 5.88 Å². The van der Waals surface area contributed by atoms with E-state index in [1.807, 2.05) is 31.7 Å². The Morgan fingerprint density at radius 3 is 2.67 bits per heavy atom. The lowest BCUT2D eigenvalue weighted by molar-refractivity contribution is 0.234. The Morgan fingerprint density at radius 2 is 2.05 bits per heavy atom. The molecule has 0 aliphatic carbocycles. The van der Waals surface area contributed by atoms with E-state index in [0.29, 0.717) is 23.9 Å². The molecule has 0 fully saturated rings. The van der Waals surface area contributed by atoms with Gasteiger partial charge in [-0.15, -0.1) is 0 Å². The van der Waals surface area contributed by atoms with E-state index < -0.39 is 0 Å². The monoisotopic (exact) mass is 289 g/mol. The molecule has 0 amide bonds. The van der Waals surface area contributed by atoms with Gasteiger partial charge in [0.25, 0.3) is 0 Å². The zero-order valence-corrected chi connectivity index (χ0v) is 12.5. The van der Waals surface area contributed by atoms with E-state index in [9.17, 15) is 4.39 Å². The molecule has 1 aromatic heterocycles. The van der Waals surface area contributed by atoms with Crippen molar-refractivity contribution in [2.45, 2.75) is 26.9 Å². The molecule has 2 aromatic rings. The summed E-state index contributed by atoms with van der Waals surface area (Å²) in [5.74, 6) is 0.797. The molecular formula is C16H20FN3O. The van der Waals surface area contributed by atoms with Gasteiger partial charge in [-0.25, -0.2) is 4.39 Å². The van der Waals surface area contributed by atoms with Gasteiger partial charge in [-0.3, -0.25) is 0 Å². The molecule has 0 aliphatic heterocycles. The lowest BCUT2D eigenvalue weighted by Crippen LogP contribution is -2.18. The summed E-state index contributed by atoms with van der Waals surface area (Å²) in [5, 5.41) is 0. The number of aromatic nitrogens is 1.